The minimum absolute atomic E-state index is 0.0794. The molecule has 1 heterocycles. The summed E-state index contributed by atoms with van der Waals surface area (Å²) in [6.45, 7) is 2.75. The van der Waals surface area contributed by atoms with Crippen LogP contribution in [0.4, 0.5) is 11.4 Å². The first kappa shape index (κ1) is 20.7. The minimum Gasteiger partial charge on any atom is -0.497 e. The first-order valence-corrected chi connectivity index (χ1v) is 10.3. The van der Waals surface area contributed by atoms with E-state index in [0.29, 0.717) is 6.54 Å². The van der Waals surface area contributed by atoms with E-state index in [1.807, 2.05) is 79.0 Å². The maximum atomic E-state index is 12.3. The van der Waals surface area contributed by atoms with Crippen molar-refractivity contribution >= 4 is 29.0 Å². The van der Waals surface area contributed by atoms with Crippen LogP contribution in [0.15, 0.2) is 53.7 Å². The van der Waals surface area contributed by atoms with E-state index in [-0.39, 0.29) is 11.7 Å². The largest absolute Gasteiger partial charge is 0.497 e. The highest BCUT2D eigenvalue weighted by Gasteiger charge is 2.15. The van der Waals surface area contributed by atoms with Gasteiger partial charge >= 0.3 is 0 Å². The van der Waals surface area contributed by atoms with E-state index in [1.54, 1.807) is 7.11 Å². The third-order valence-electron chi connectivity index (χ3n) is 4.38. The van der Waals surface area contributed by atoms with Crippen LogP contribution >= 0.6 is 11.8 Å². The Labute approximate surface area is 175 Å². The van der Waals surface area contributed by atoms with Gasteiger partial charge in [0.25, 0.3) is 0 Å². The molecule has 0 aliphatic heterocycles. The SMILES string of the molecule is CCn1c(SCC(=O)Nc2ccc(N(C)C)cc2)nnc1-c1ccc(OC)cc1. The molecule has 1 aromatic heterocycles. The lowest BCUT2D eigenvalue weighted by Gasteiger charge is -2.13. The molecule has 0 aliphatic carbocycles. The van der Waals surface area contributed by atoms with Gasteiger partial charge in [-0.25, -0.2) is 0 Å². The van der Waals surface area contributed by atoms with Crippen LogP contribution in [0.1, 0.15) is 6.92 Å². The summed E-state index contributed by atoms with van der Waals surface area (Å²) in [5.41, 5.74) is 2.81. The van der Waals surface area contributed by atoms with E-state index < -0.39 is 0 Å². The van der Waals surface area contributed by atoms with E-state index >= 15 is 0 Å². The van der Waals surface area contributed by atoms with Crippen LogP contribution in [0, 0.1) is 0 Å². The summed E-state index contributed by atoms with van der Waals surface area (Å²) < 4.78 is 7.21. The number of aromatic nitrogens is 3. The molecule has 0 bridgehead atoms. The Kier molecular flexibility index (Phi) is 6.77. The van der Waals surface area contributed by atoms with Crippen molar-refractivity contribution < 1.29 is 9.53 Å². The van der Waals surface area contributed by atoms with Crippen LogP contribution in [0.2, 0.25) is 0 Å². The molecule has 0 fully saturated rings. The van der Waals surface area contributed by atoms with Gasteiger partial charge in [0.15, 0.2) is 11.0 Å². The van der Waals surface area contributed by atoms with Gasteiger partial charge in [-0.3, -0.25) is 4.79 Å². The van der Waals surface area contributed by atoms with Gasteiger partial charge in [-0.2, -0.15) is 0 Å². The van der Waals surface area contributed by atoms with Crippen LogP contribution in [0.25, 0.3) is 11.4 Å². The van der Waals surface area contributed by atoms with Crippen LogP contribution in [0.3, 0.4) is 0 Å². The maximum absolute atomic E-state index is 12.3. The van der Waals surface area contributed by atoms with Gasteiger partial charge in [-0.15, -0.1) is 10.2 Å². The van der Waals surface area contributed by atoms with Crippen molar-refractivity contribution in [1.29, 1.82) is 0 Å². The standard InChI is InChI=1S/C21H25N5O2S/c1-5-26-20(15-6-12-18(28-4)13-7-15)23-24-21(26)29-14-19(27)22-16-8-10-17(11-9-16)25(2)3/h6-13H,5,14H2,1-4H3,(H,22,27). The number of rotatable bonds is 8. The molecule has 152 valence electrons. The Hall–Kier alpha value is -3.00. The second kappa shape index (κ2) is 9.47. The molecule has 3 rings (SSSR count). The van der Waals surface area contributed by atoms with Crippen molar-refractivity contribution in [3.05, 3.63) is 48.5 Å². The topological polar surface area (TPSA) is 72.3 Å². The molecule has 29 heavy (non-hydrogen) atoms. The number of nitrogens with one attached hydrogen (secondary N) is 1. The Morgan fingerprint density at radius 2 is 1.79 bits per heavy atom. The summed E-state index contributed by atoms with van der Waals surface area (Å²) in [7, 11) is 5.60. The summed E-state index contributed by atoms with van der Waals surface area (Å²) in [6, 6.07) is 15.4. The number of carbonyl (C=O) groups is 1. The molecule has 0 radical (unpaired) electrons. The van der Waals surface area contributed by atoms with Crippen molar-refractivity contribution in [3.8, 4) is 17.1 Å². The highest BCUT2D eigenvalue weighted by molar-refractivity contribution is 7.99. The molecule has 0 saturated carbocycles. The Morgan fingerprint density at radius 3 is 2.38 bits per heavy atom. The number of hydrogen-bond acceptors (Lipinski definition) is 6. The first-order chi connectivity index (χ1) is 14.0. The molecule has 0 aliphatic rings. The molecule has 1 amide bonds. The normalized spacial score (nSPS) is 10.6. The van der Waals surface area contributed by atoms with E-state index in [4.69, 9.17) is 4.74 Å². The van der Waals surface area contributed by atoms with Crippen molar-refractivity contribution in [3.63, 3.8) is 0 Å². The van der Waals surface area contributed by atoms with E-state index in [9.17, 15) is 4.79 Å². The monoisotopic (exact) mass is 411 g/mol. The Morgan fingerprint density at radius 1 is 1.10 bits per heavy atom. The van der Waals surface area contributed by atoms with E-state index in [0.717, 1.165) is 33.7 Å². The van der Waals surface area contributed by atoms with Gasteiger partial charge in [0, 0.05) is 37.6 Å². The molecule has 3 aromatic rings. The fourth-order valence-electron chi connectivity index (χ4n) is 2.80. The van der Waals surface area contributed by atoms with Crippen LogP contribution in [-0.4, -0.2) is 47.6 Å². The van der Waals surface area contributed by atoms with Crippen molar-refractivity contribution in [2.75, 3.05) is 37.2 Å². The van der Waals surface area contributed by atoms with Crippen molar-refractivity contribution in [2.24, 2.45) is 0 Å². The average Bonchev–Trinajstić information content (AvgIpc) is 3.15. The number of anilines is 2. The number of methoxy groups -OCH3 is 1. The summed E-state index contributed by atoms with van der Waals surface area (Å²) in [6.07, 6.45) is 0. The second-order valence-electron chi connectivity index (χ2n) is 6.56. The number of amides is 1. The van der Waals surface area contributed by atoms with Crippen LogP contribution in [-0.2, 0) is 11.3 Å². The molecule has 8 heteroatoms. The average molecular weight is 412 g/mol. The first-order valence-electron chi connectivity index (χ1n) is 9.29. The molecule has 0 unspecified atom stereocenters. The van der Waals surface area contributed by atoms with Crippen molar-refractivity contribution in [2.45, 2.75) is 18.6 Å². The fourth-order valence-corrected chi connectivity index (χ4v) is 3.61. The van der Waals surface area contributed by atoms with E-state index in [1.165, 1.54) is 11.8 Å². The highest BCUT2D eigenvalue weighted by Crippen LogP contribution is 2.25. The summed E-state index contributed by atoms with van der Waals surface area (Å²) in [4.78, 5) is 14.4. The Balaban J connectivity index is 1.64. The number of benzene rings is 2. The van der Waals surface area contributed by atoms with Gasteiger partial charge in [0.05, 0.1) is 12.9 Å². The second-order valence-corrected chi connectivity index (χ2v) is 7.50. The van der Waals surface area contributed by atoms with Gasteiger partial charge < -0.3 is 19.5 Å². The highest BCUT2D eigenvalue weighted by atomic mass is 32.2. The molecule has 0 spiro atoms. The van der Waals surface area contributed by atoms with Gasteiger partial charge in [-0.05, 0) is 55.5 Å². The van der Waals surface area contributed by atoms with E-state index in [2.05, 4.69) is 15.5 Å². The quantitative estimate of drug-likeness (QED) is 0.569. The zero-order chi connectivity index (χ0) is 20.8. The molecule has 0 saturated heterocycles. The lowest BCUT2D eigenvalue weighted by Crippen LogP contribution is -2.15. The zero-order valence-corrected chi connectivity index (χ0v) is 17.9. The summed E-state index contributed by atoms with van der Waals surface area (Å²) in [5.74, 6) is 1.75. The molecule has 0 atom stereocenters. The predicted octanol–water partition coefficient (Wildman–Crippen LogP) is 3.77. The minimum atomic E-state index is -0.0794. The number of thioether (sulfide) groups is 1. The Bertz CT molecular complexity index is 952. The van der Waals surface area contributed by atoms with Crippen molar-refractivity contribution in [1.82, 2.24) is 14.8 Å². The third kappa shape index (κ3) is 5.08. The number of carbonyl (C=O) groups excluding carboxylic acids is 1. The van der Waals surface area contributed by atoms with Gasteiger partial charge in [-0.1, -0.05) is 11.8 Å². The number of hydrogen-bond donors (Lipinski definition) is 1. The van der Waals surface area contributed by atoms with Crippen LogP contribution in [0.5, 0.6) is 5.75 Å². The lowest BCUT2D eigenvalue weighted by molar-refractivity contribution is -0.113. The molecule has 1 N–H and O–H groups in total. The van der Waals surface area contributed by atoms with Gasteiger partial charge in [0.2, 0.25) is 5.91 Å². The number of ether oxygens (including phenoxy) is 1. The predicted molar refractivity (Wildman–Crippen MR) is 118 cm³/mol. The molecular formula is C21H25N5O2S. The van der Waals surface area contributed by atoms with Gasteiger partial charge in [0.1, 0.15) is 5.75 Å². The third-order valence-corrected chi connectivity index (χ3v) is 5.35. The molecule has 7 nitrogen and oxygen atoms in total. The maximum Gasteiger partial charge on any atom is 0.234 e. The summed E-state index contributed by atoms with van der Waals surface area (Å²) in [5, 5.41) is 12.2. The number of nitrogens with zero attached hydrogens (tertiary/aromatic N) is 4. The van der Waals surface area contributed by atoms with Crippen LogP contribution < -0.4 is 15.0 Å². The lowest BCUT2D eigenvalue weighted by atomic mass is 10.2. The summed E-state index contributed by atoms with van der Waals surface area (Å²) >= 11 is 1.37. The molecule has 2 aromatic carbocycles. The zero-order valence-electron chi connectivity index (χ0n) is 17.0. The molecular weight excluding hydrogens is 386 g/mol. The fraction of sp³-hybridized carbons (Fsp3) is 0.286. The smallest absolute Gasteiger partial charge is 0.234 e.